The average molecular weight is 261 g/mol. The first-order chi connectivity index (χ1) is 7.79. The van der Waals surface area contributed by atoms with Crippen molar-refractivity contribution < 1.29 is 13.5 Å². The summed E-state index contributed by atoms with van der Waals surface area (Å²) in [6.45, 7) is 6.74. The molecule has 0 bridgehead atoms. The van der Waals surface area contributed by atoms with Crippen LogP contribution in [-0.4, -0.2) is 36.4 Å². The smallest absolute Gasteiger partial charge is 0.244 e. The van der Waals surface area contributed by atoms with E-state index in [0.29, 0.717) is 11.4 Å². The van der Waals surface area contributed by atoms with Gasteiger partial charge in [0, 0.05) is 6.04 Å². The van der Waals surface area contributed by atoms with E-state index in [1.54, 1.807) is 13.8 Å². The Morgan fingerprint density at radius 1 is 1.41 bits per heavy atom. The Balaban J connectivity index is 3.05. The van der Waals surface area contributed by atoms with E-state index in [4.69, 9.17) is 5.11 Å². The van der Waals surface area contributed by atoms with Gasteiger partial charge in [-0.3, -0.25) is 5.10 Å². The fraction of sp³-hybridized carbons (Fsp3) is 0.700. The number of sulfonamides is 1. The highest BCUT2D eigenvalue weighted by molar-refractivity contribution is 7.89. The van der Waals surface area contributed by atoms with Crippen LogP contribution in [-0.2, 0) is 10.0 Å². The second kappa shape index (κ2) is 5.16. The maximum Gasteiger partial charge on any atom is 0.244 e. The summed E-state index contributed by atoms with van der Waals surface area (Å²) in [6.07, 6.45) is 0. The van der Waals surface area contributed by atoms with Crippen molar-refractivity contribution in [1.29, 1.82) is 0 Å². The molecule has 0 aliphatic rings. The molecule has 0 saturated heterocycles. The summed E-state index contributed by atoms with van der Waals surface area (Å²) in [5.74, 6) is 0.0160. The number of rotatable bonds is 5. The second-order valence-electron chi connectivity index (χ2n) is 4.42. The van der Waals surface area contributed by atoms with Crippen LogP contribution < -0.4 is 4.72 Å². The normalized spacial score (nSPS) is 14.2. The average Bonchev–Trinajstić information content (AvgIpc) is 2.55. The quantitative estimate of drug-likeness (QED) is 0.711. The molecule has 1 rings (SSSR count). The maximum absolute atomic E-state index is 12.1. The minimum Gasteiger partial charge on any atom is -0.395 e. The molecule has 0 aliphatic carbocycles. The molecule has 0 fully saturated rings. The first-order valence-electron chi connectivity index (χ1n) is 5.44. The molecular weight excluding hydrogens is 242 g/mol. The highest BCUT2D eigenvalue weighted by Crippen LogP contribution is 2.17. The van der Waals surface area contributed by atoms with Gasteiger partial charge in [0.2, 0.25) is 10.0 Å². The Labute approximate surface area is 101 Å². The van der Waals surface area contributed by atoms with Gasteiger partial charge in [-0.2, -0.15) is 5.10 Å². The van der Waals surface area contributed by atoms with E-state index in [9.17, 15) is 8.42 Å². The van der Waals surface area contributed by atoms with Crippen LogP contribution in [0.25, 0.3) is 0 Å². The van der Waals surface area contributed by atoms with Crippen LogP contribution in [0.3, 0.4) is 0 Å². The molecule has 98 valence electrons. The van der Waals surface area contributed by atoms with Gasteiger partial charge in [-0.25, -0.2) is 13.1 Å². The molecule has 0 radical (unpaired) electrons. The van der Waals surface area contributed by atoms with Gasteiger partial charge in [-0.1, -0.05) is 13.8 Å². The van der Waals surface area contributed by atoms with Crippen LogP contribution in [0.1, 0.15) is 25.2 Å². The Morgan fingerprint density at radius 3 is 2.35 bits per heavy atom. The lowest BCUT2D eigenvalue weighted by Crippen LogP contribution is -2.41. The third kappa shape index (κ3) is 3.05. The van der Waals surface area contributed by atoms with E-state index >= 15 is 0 Å². The van der Waals surface area contributed by atoms with Crippen LogP contribution in [0.15, 0.2) is 4.90 Å². The van der Waals surface area contributed by atoms with Crippen molar-refractivity contribution in [3.05, 3.63) is 11.4 Å². The van der Waals surface area contributed by atoms with Gasteiger partial charge in [0.25, 0.3) is 0 Å². The molecule has 3 N–H and O–H groups in total. The van der Waals surface area contributed by atoms with Crippen molar-refractivity contribution >= 4 is 10.0 Å². The molecule has 1 heterocycles. The number of hydrogen-bond acceptors (Lipinski definition) is 4. The van der Waals surface area contributed by atoms with Crippen molar-refractivity contribution in [1.82, 2.24) is 14.9 Å². The Hall–Kier alpha value is -0.920. The number of nitrogens with one attached hydrogen (secondary N) is 2. The maximum atomic E-state index is 12.1. The zero-order valence-electron chi connectivity index (χ0n) is 10.5. The Morgan fingerprint density at radius 2 is 2.00 bits per heavy atom. The van der Waals surface area contributed by atoms with Gasteiger partial charge in [0.05, 0.1) is 18.0 Å². The minimum atomic E-state index is -3.64. The van der Waals surface area contributed by atoms with E-state index in [2.05, 4.69) is 14.9 Å². The third-order valence-electron chi connectivity index (χ3n) is 2.64. The van der Waals surface area contributed by atoms with Gasteiger partial charge in [-0.15, -0.1) is 0 Å². The number of aryl methyl sites for hydroxylation is 2. The first kappa shape index (κ1) is 14.1. The molecule has 0 spiro atoms. The standard InChI is InChI=1S/C10H19N3O3S/c1-6(2)9(5-14)13-17(15,16)10-7(3)11-12-8(10)4/h6,9,13-14H,5H2,1-4H3,(H,11,12). The van der Waals surface area contributed by atoms with Crippen LogP contribution in [0.2, 0.25) is 0 Å². The first-order valence-corrected chi connectivity index (χ1v) is 6.92. The predicted molar refractivity (Wildman–Crippen MR) is 64.1 cm³/mol. The number of nitrogens with zero attached hydrogens (tertiary/aromatic N) is 1. The van der Waals surface area contributed by atoms with Crippen molar-refractivity contribution in [2.75, 3.05) is 6.61 Å². The summed E-state index contributed by atoms with van der Waals surface area (Å²) >= 11 is 0. The van der Waals surface area contributed by atoms with E-state index in [-0.39, 0.29) is 17.4 Å². The van der Waals surface area contributed by atoms with E-state index in [0.717, 1.165) is 0 Å². The second-order valence-corrected chi connectivity index (χ2v) is 6.07. The van der Waals surface area contributed by atoms with E-state index in [1.165, 1.54) is 0 Å². The summed E-state index contributed by atoms with van der Waals surface area (Å²) < 4.78 is 26.7. The molecule has 0 aromatic carbocycles. The van der Waals surface area contributed by atoms with Crippen LogP contribution in [0.5, 0.6) is 0 Å². The van der Waals surface area contributed by atoms with Gasteiger partial charge in [-0.05, 0) is 19.8 Å². The Bertz CT molecular complexity index is 459. The lowest BCUT2D eigenvalue weighted by molar-refractivity contribution is 0.227. The monoisotopic (exact) mass is 261 g/mol. The highest BCUT2D eigenvalue weighted by atomic mass is 32.2. The molecule has 7 heteroatoms. The summed E-state index contributed by atoms with van der Waals surface area (Å²) in [7, 11) is -3.64. The summed E-state index contributed by atoms with van der Waals surface area (Å²) in [6, 6.07) is -0.492. The molecule has 1 aromatic rings. The predicted octanol–water partition coefficient (Wildman–Crippen LogP) is 0.322. The molecule has 1 unspecified atom stereocenters. The topological polar surface area (TPSA) is 95.1 Å². The zero-order chi connectivity index (χ0) is 13.2. The minimum absolute atomic E-state index is 0.0160. The van der Waals surface area contributed by atoms with Crippen LogP contribution >= 0.6 is 0 Å². The molecule has 6 nitrogen and oxygen atoms in total. The van der Waals surface area contributed by atoms with E-state index in [1.807, 2.05) is 13.8 Å². The Kier molecular flexibility index (Phi) is 4.29. The van der Waals surface area contributed by atoms with Gasteiger partial charge in [0.1, 0.15) is 4.90 Å². The fourth-order valence-electron chi connectivity index (χ4n) is 1.58. The van der Waals surface area contributed by atoms with Gasteiger partial charge in [0.15, 0.2) is 0 Å². The summed E-state index contributed by atoms with van der Waals surface area (Å²) in [5.41, 5.74) is 0.922. The SMILES string of the molecule is Cc1n[nH]c(C)c1S(=O)(=O)NC(CO)C(C)C. The third-order valence-corrected chi connectivity index (χ3v) is 4.39. The van der Waals surface area contributed by atoms with Crippen molar-refractivity contribution in [2.24, 2.45) is 5.92 Å². The number of aromatic nitrogens is 2. The fourth-order valence-corrected chi connectivity index (χ4v) is 3.33. The van der Waals surface area contributed by atoms with E-state index < -0.39 is 16.1 Å². The molecule has 0 saturated carbocycles. The van der Waals surface area contributed by atoms with Gasteiger partial charge >= 0.3 is 0 Å². The molecule has 0 amide bonds. The molecular formula is C10H19N3O3S. The number of aliphatic hydroxyl groups is 1. The number of aliphatic hydroxyl groups excluding tert-OH is 1. The largest absolute Gasteiger partial charge is 0.395 e. The summed E-state index contributed by atoms with van der Waals surface area (Å²) in [5, 5.41) is 15.6. The van der Waals surface area contributed by atoms with Crippen LogP contribution in [0.4, 0.5) is 0 Å². The molecule has 0 aliphatic heterocycles. The molecule has 17 heavy (non-hydrogen) atoms. The number of hydrogen-bond donors (Lipinski definition) is 3. The molecule has 1 atom stereocenters. The number of aromatic amines is 1. The lowest BCUT2D eigenvalue weighted by Gasteiger charge is -2.19. The van der Waals surface area contributed by atoms with Crippen molar-refractivity contribution in [2.45, 2.75) is 38.6 Å². The van der Waals surface area contributed by atoms with Crippen molar-refractivity contribution in [3.8, 4) is 0 Å². The lowest BCUT2D eigenvalue weighted by atomic mass is 10.1. The van der Waals surface area contributed by atoms with Crippen LogP contribution in [0, 0.1) is 19.8 Å². The highest BCUT2D eigenvalue weighted by Gasteiger charge is 2.26. The van der Waals surface area contributed by atoms with Crippen molar-refractivity contribution in [3.63, 3.8) is 0 Å². The van der Waals surface area contributed by atoms with Gasteiger partial charge < -0.3 is 5.11 Å². The summed E-state index contributed by atoms with van der Waals surface area (Å²) in [4.78, 5) is 0.164. The zero-order valence-corrected chi connectivity index (χ0v) is 11.3. The molecule has 1 aromatic heterocycles. The number of H-pyrrole nitrogens is 1.